The third-order valence-corrected chi connectivity index (χ3v) is 2.34. The molecule has 0 aliphatic rings. The Morgan fingerprint density at radius 3 is 2.69 bits per heavy atom. The lowest BCUT2D eigenvalue weighted by molar-refractivity contribution is 0.0983. The largest absolute Gasteiger partial charge is 0.384 e. The van der Waals surface area contributed by atoms with Crippen molar-refractivity contribution in [3.63, 3.8) is 0 Å². The number of rotatable bonds is 3. The van der Waals surface area contributed by atoms with Crippen molar-refractivity contribution in [1.29, 1.82) is 0 Å². The first-order valence-electron chi connectivity index (χ1n) is 5.16. The van der Waals surface area contributed by atoms with Gasteiger partial charge in [0.05, 0.1) is 5.69 Å². The maximum absolute atomic E-state index is 11.5. The Kier molecular flexibility index (Phi) is 2.72. The van der Waals surface area contributed by atoms with Crippen LogP contribution in [0.1, 0.15) is 23.8 Å². The normalized spacial score (nSPS) is 10.3. The second kappa shape index (κ2) is 4.18. The van der Waals surface area contributed by atoms with Crippen LogP contribution >= 0.6 is 0 Å². The van der Waals surface area contributed by atoms with Crippen LogP contribution in [0.2, 0.25) is 0 Å². The zero-order valence-electron chi connectivity index (χ0n) is 9.05. The van der Waals surface area contributed by atoms with Crippen LogP contribution in [0.3, 0.4) is 0 Å². The Morgan fingerprint density at radius 2 is 2.06 bits per heavy atom. The van der Waals surface area contributed by atoms with E-state index in [1.165, 1.54) is 0 Å². The molecule has 0 amide bonds. The summed E-state index contributed by atoms with van der Waals surface area (Å²) in [5.74, 6) is 0.476. The molecule has 0 unspecified atom stereocenters. The van der Waals surface area contributed by atoms with Gasteiger partial charge in [-0.15, -0.1) is 0 Å². The number of carbonyl (C=O) groups is 1. The van der Waals surface area contributed by atoms with Crippen molar-refractivity contribution in [1.82, 2.24) is 9.78 Å². The van der Waals surface area contributed by atoms with Gasteiger partial charge in [0.2, 0.25) is 0 Å². The van der Waals surface area contributed by atoms with E-state index in [4.69, 9.17) is 5.73 Å². The lowest BCUT2D eigenvalue weighted by Gasteiger charge is -2.02. The number of benzene rings is 1. The lowest BCUT2D eigenvalue weighted by Crippen LogP contribution is -2.03. The summed E-state index contributed by atoms with van der Waals surface area (Å²) in [5, 5.41) is 4.19. The van der Waals surface area contributed by atoms with Gasteiger partial charge in [-0.2, -0.15) is 5.10 Å². The number of ketones is 1. The van der Waals surface area contributed by atoms with E-state index in [1.807, 2.05) is 30.3 Å². The highest BCUT2D eigenvalue weighted by molar-refractivity contribution is 5.94. The Morgan fingerprint density at radius 1 is 1.38 bits per heavy atom. The molecule has 0 atom stereocenters. The maximum atomic E-state index is 11.5. The Balaban J connectivity index is 2.44. The number of anilines is 1. The summed E-state index contributed by atoms with van der Waals surface area (Å²) < 4.78 is 1.57. The van der Waals surface area contributed by atoms with Crippen LogP contribution in [0.15, 0.2) is 36.4 Å². The highest BCUT2D eigenvalue weighted by Crippen LogP contribution is 2.14. The molecule has 0 radical (unpaired) electrons. The maximum Gasteiger partial charge on any atom is 0.182 e. The number of Topliss-reactive ketones (excluding diaryl/α,β-unsaturated/α-hetero) is 1. The van der Waals surface area contributed by atoms with Crippen molar-refractivity contribution in [2.24, 2.45) is 0 Å². The summed E-state index contributed by atoms with van der Waals surface area (Å²) >= 11 is 0. The number of hydrogen-bond acceptors (Lipinski definition) is 3. The topological polar surface area (TPSA) is 60.9 Å². The highest BCUT2D eigenvalue weighted by Gasteiger charge is 2.11. The second-order valence-electron chi connectivity index (χ2n) is 3.48. The van der Waals surface area contributed by atoms with Crippen LogP contribution in [0.4, 0.5) is 5.82 Å². The molecule has 2 aromatic rings. The standard InChI is InChI=1S/C12H13N3O/c1-2-11(16)10-8-12(13)15(14-10)9-6-4-3-5-7-9/h3-8H,2,13H2,1H3. The van der Waals surface area contributed by atoms with Gasteiger partial charge in [-0.1, -0.05) is 25.1 Å². The van der Waals surface area contributed by atoms with Gasteiger partial charge >= 0.3 is 0 Å². The van der Waals surface area contributed by atoms with Crippen LogP contribution in [0.5, 0.6) is 0 Å². The molecule has 0 aliphatic carbocycles. The number of nitrogen functional groups attached to an aromatic ring is 1. The van der Waals surface area contributed by atoms with Crippen molar-refractivity contribution in [3.8, 4) is 5.69 Å². The summed E-state index contributed by atoms with van der Waals surface area (Å²) in [6.07, 6.45) is 0.436. The zero-order valence-corrected chi connectivity index (χ0v) is 9.05. The molecule has 1 aromatic carbocycles. The molecule has 2 N–H and O–H groups in total. The minimum atomic E-state index is 0.00128. The fourth-order valence-corrected chi connectivity index (χ4v) is 1.49. The van der Waals surface area contributed by atoms with Gasteiger partial charge in [-0.3, -0.25) is 4.79 Å². The van der Waals surface area contributed by atoms with Crippen LogP contribution < -0.4 is 5.73 Å². The molecule has 1 aromatic heterocycles. The lowest BCUT2D eigenvalue weighted by atomic mass is 10.2. The van der Waals surface area contributed by atoms with E-state index < -0.39 is 0 Å². The van der Waals surface area contributed by atoms with Gasteiger partial charge in [0, 0.05) is 12.5 Å². The van der Waals surface area contributed by atoms with Gasteiger partial charge in [-0.05, 0) is 12.1 Å². The van der Waals surface area contributed by atoms with Crippen LogP contribution in [-0.2, 0) is 0 Å². The molecule has 0 fully saturated rings. The summed E-state index contributed by atoms with van der Waals surface area (Å²) in [6.45, 7) is 1.81. The average molecular weight is 215 g/mol. The monoisotopic (exact) mass is 215 g/mol. The van der Waals surface area contributed by atoms with Gasteiger partial charge < -0.3 is 5.73 Å². The van der Waals surface area contributed by atoms with E-state index in [0.29, 0.717) is 17.9 Å². The number of para-hydroxylation sites is 1. The quantitative estimate of drug-likeness (QED) is 0.797. The van der Waals surface area contributed by atoms with Gasteiger partial charge in [-0.25, -0.2) is 4.68 Å². The zero-order chi connectivity index (χ0) is 11.5. The summed E-state index contributed by atoms with van der Waals surface area (Å²) in [5.41, 5.74) is 7.09. The molecular weight excluding hydrogens is 202 g/mol. The third kappa shape index (κ3) is 1.82. The molecule has 16 heavy (non-hydrogen) atoms. The predicted octanol–water partition coefficient (Wildman–Crippen LogP) is 2.05. The molecule has 4 heteroatoms. The molecule has 4 nitrogen and oxygen atoms in total. The molecule has 0 saturated heterocycles. The molecule has 0 aliphatic heterocycles. The number of nitrogens with zero attached hydrogens (tertiary/aromatic N) is 2. The first-order valence-corrected chi connectivity index (χ1v) is 5.16. The average Bonchev–Trinajstić information content (AvgIpc) is 2.71. The van der Waals surface area contributed by atoms with Crippen molar-refractivity contribution in [3.05, 3.63) is 42.1 Å². The molecule has 1 heterocycles. The molecular formula is C12H13N3O. The van der Waals surface area contributed by atoms with E-state index in [-0.39, 0.29) is 5.78 Å². The fraction of sp³-hybridized carbons (Fsp3) is 0.167. The first-order chi connectivity index (χ1) is 7.72. The Labute approximate surface area is 93.7 Å². The van der Waals surface area contributed by atoms with Crippen molar-refractivity contribution < 1.29 is 4.79 Å². The number of hydrogen-bond donors (Lipinski definition) is 1. The van der Waals surface area contributed by atoms with E-state index in [2.05, 4.69) is 5.10 Å². The second-order valence-corrected chi connectivity index (χ2v) is 3.48. The number of aromatic nitrogens is 2. The number of nitrogens with two attached hydrogens (primary N) is 1. The molecule has 2 rings (SSSR count). The SMILES string of the molecule is CCC(=O)c1cc(N)n(-c2ccccc2)n1. The summed E-state index contributed by atoms with van der Waals surface area (Å²) in [7, 11) is 0. The van der Waals surface area contributed by atoms with E-state index in [0.717, 1.165) is 5.69 Å². The molecule has 82 valence electrons. The van der Waals surface area contributed by atoms with E-state index in [9.17, 15) is 4.79 Å². The molecule has 0 saturated carbocycles. The van der Waals surface area contributed by atoms with Gasteiger partial charge in [0.25, 0.3) is 0 Å². The number of carbonyl (C=O) groups excluding carboxylic acids is 1. The van der Waals surface area contributed by atoms with Crippen LogP contribution in [-0.4, -0.2) is 15.6 Å². The van der Waals surface area contributed by atoms with Gasteiger partial charge in [0.1, 0.15) is 11.5 Å². The summed E-state index contributed by atoms with van der Waals surface area (Å²) in [6, 6.07) is 11.1. The van der Waals surface area contributed by atoms with E-state index in [1.54, 1.807) is 17.7 Å². The Hall–Kier alpha value is -2.10. The minimum absolute atomic E-state index is 0.00128. The minimum Gasteiger partial charge on any atom is -0.384 e. The molecule has 0 bridgehead atoms. The third-order valence-electron chi connectivity index (χ3n) is 2.34. The fourth-order valence-electron chi connectivity index (χ4n) is 1.49. The van der Waals surface area contributed by atoms with E-state index >= 15 is 0 Å². The van der Waals surface area contributed by atoms with Crippen molar-refractivity contribution >= 4 is 11.6 Å². The van der Waals surface area contributed by atoms with Crippen molar-refractivity contribution in [2.75, 3.05) is 5.73 Å². The smallest absolute Gasteiger partial charge is 0.182 e. The highest BCUT2D eigenvalue weighted by atomic mass is 16.1. The Bertz CT molecular complexity index is 502. The predicted molar refractivity (Wildman–Crippen MR) is 62.6 cm³/mol. The van der Waals surface area contributed by atoms with Crippen LogP contribution in [0.25, 0.3) is 5.69 Å². The summed E-state index contributed by atoms with van der Waals surface area (Å²) in [4.78, 5) is 11.5. The molecule has 0 spiro atoms. The van der Waals surface area contributed by atoms with Crippen molar-refractivity contribution in [2.45, 2.75) is 13.3 Å². The van der Waals surface area contributed by atoms with Crippen LogP contribution in [0, 0.1) is 0 Å². The first kappa shape index (κ1) is 10.4. The van der Waals surface area contributed by atoms with Gasteiger partial charge in [0.15, 0.2) is 5.78 Å².